The highest BCUT2D eigenvalue weighted by Gasteiger charge is 2.09. The molecule has 3 aromatic carbocycles. The van der Waals surface area contributed by atoms with Crippen LogP contribution in [0, 0.1) is 0 Å². The lowest BCUT2D eigenvalue weighted by atomic mass is 10.2. The summed E-state index contributed by atoms with van der Waals surface area (Å²) >= 11 is 5.98. The molecule has 0 fully saturated rings. The highest BCUT2D eigenvalue weighted by Crippen LogP contribution is 2.17. The molecule has 0 saturated heterocycles. The van der Waals surface area contributed by atoms with Crippen molar-refractivity contribution in [2.75, 3.05) is 6.61 Å². The average molecular weight is 423 g/mol. The second-order valence-electron chi connectivity index (χ2n) is 6.09. The molecule has 3 aromatic rings. The minimum absolute atomic E-state index is 0.341. The van der Waals surface area contributed by atoms with Crippen molar-refractivity contribution < 1.29 is 19.1 Å². The van der Waals surface area contributed by atoms with Gasteiger partial charge in [-0.3, -0.25) is 4.79 Å². The fourth-order valence-corrected chi connectivity index (χ4v) is 2.73. The second-order valence-corrected chi connectivity index (χ2v) is 6.50. The van der Waals surface area contributed by atoms with Gasteiger partial charge in [-0.2, -0.15) is 5.10 Å². The van der Waals surface area contributed by atoms with Crippen LogP contribution < -0.4 is 14.9 Å². The Bertz CT molecular complexity index is 1050. The van der Waals surface area contributed by atoms with Crippen LogP contribution in [0.2, 0.25) is 5.02 Å². The topological polar surface area (TPSA) is 77.0 Å². The van der Waals surface area contributed by atoms with Gasteiger partial charge in [0.2, 0.25) is 0 Å². The zero-order valence-corrected chi connectivity index (χ0v) is 16.9. The molecule has 7 heteroatoms. The third kappa shape index (κ3) is 5.68. The Balaban J connectivity index is 1.55. The standard InChI is InChI=1S/C23H19ClN2O4/c1-2-29-18-13-9-17(10-14-18)23(28)30-19-11-7-16(8-12-19)15-25-26-22(27)20-5-3-4-6-21(20)24/h3-15H,2H2,1H3,(H,26,27). The van der Waals surface area contributed by atoms with Crippen LogP contribution in [0.4, 0.5) is 0 Å². The van der Waals surface area contributed by atoms with E-state index in [9.17, 15) is 9.59 Å². The first-order valence-corrected chi connectivity index (χ1v) is 9.57. The van der Waals surface area contributed by atoms with E-state index >= 15 is 0 Å². The fraction of sp³-hybridized carbons (Fsp3) is 0.0870. The number of carbonyl (C=O) groups excluding carboxylic acids is 2. The molecule has 1 N–H and O–H groups in total. The highest BCUT2D eigenvalue weighted by molar-refractivity contribution is 6.33. The van der Waals surface area contributed by atoms with Crippen molar-refractivity contribution in [3.63, 3.8) is 0 Å². The van der Waals surface area contributed by atoms with E-state index in [1.165, 1.54) is 6.21 Å². The Hall–Kier alpha value is -3.64. The van der Waals surface area contributed by atoms with Gasteiger partial charge in [0.25, 0.3) is 5.91 Å². The van der Waals surface area contributed by atoms with Gasteiger partial charge in [-0.25, -0.2) is 10.2 Å². The summed E-state index contributed by atoms with van der Waals surface area (Å²) in [5.74, 6) is 0.217. The largest absolute Gasteiger partial charge is 0.494 e. The van der Waals surface area contributed by atoms with Crippen molar-refractivity contribution in [1.82, 2.24) is 5.43 Å². The van der Waals surface area contributed by atoms with Crippen LogP contribution in [0.1, 0.15) is 33.2 Å². The summed E-state index contributed by atoms with van der Waals surface area (Å²) in [4.78, 5) is 24.3. The average Bonchev–Trinajstić information content (AvgIpc) is 2.76. The quantitative estimate of drug-likeness (QED) is 0.258. The van der Waals surface area contributed by atoms with Crippen molar-refractivity contribution >= 4 is 29.7 Å². The molecule has 152 valence electrons. The van der Waals surface area contributed by atoms with Crippen molar-refractivity contribution in [2.45, 2.75) is 6.92 Å². The Labute approximate surface area is 179 Å². The molecular formula is C23H19ClN2O4. The van der Waals surface area contributed by atoms with Gasteiger partial charge in [0.1, 0.15) is 11.5 Å². The number of rotatable bonds is 7. The maximum absolute atomic E-state index is 12.2. The predicted octanol–water partition coefficient (Wildman–Crippen LogP) is 4.72. The highest BCUT2D eigenvalue weighted by atomic mass is 35.5. The van der Waals surface area contributed by atoms with E-state index in [-0.39, 0.29) is 0 Å². The lowest BCUT2D eigenvalue weighted by Gasteiger charge is -2.06. The van der Waals surface area contributed by atoms with Gasteiger partial charge in [0, 0.05) is 0 Å². The molecule has 0 spiro atoms. The van der Waals surface area contributed by atoms with Gasteiger partial charge in [-0.15, -0.1) is 0 Å². The normalized spacial score (nSPS) is 10.6. The van der Waals surface area contributed by atoms with Gasteiger partial charge >= 0.3 is 5.97 Å². The summed E-state index contributed by atoms with van der Waals surface area (Å²) in [7, 11) is 0. The number of hydrogen-bond donors (Lipinski definition) is 1. The molecule has 0 bridgehead atoms. The molecular weight excluding hydrogens is 404 g/mol. The fourth-order valence-electron chi connectivity index (χ4n) is 2.51. The van der Waals surface area contributed by atoms with E-state index in [2.05, 4.69) is 10.5 Å². The first-order chi connectivity index (χ1) is 14.6. The Morgan fingerprint density at radius 2 is 1.63 bits per heavy atom. The summed E-state index contributed by atoms with van der Waals surface area (Å²) in [6.45, 7) is 2.45. The SMILES string of the molecule is CCOc1ccc(C(=O)Oc2ccc(C=NNC(=O)c3ccccc3Cl)cc2)cc1. The number of hydrogen-bond acceptors (Lipinski definition) is 5. The van der Waals surface area contributed by atoms with E-state index in [0.29, 0.717) is 34.3 Å². The second kappa shape index (κ2) is 10.2. The maximum atomic E-state index is 12.2. The predicted molar refractivity (Wildman–Crippen MR) is 116 cm³/mol. The van der Waals surface area contributed by atoms with E-state index in [4.69, 9.17) is 21.1 Å². The van der Waals surface area contributed by atoms with E-state index in [1.807, 2.05) is 6.92 Å². The number of carbonyl (C=O) groups is 2. The van der Waals surface area contributed by atoms with Crippen LogP contribution in [0.5, 0.6) is 11.5 Å². The number of amides is 1. The van der Waals surface area contributed by atoms with Crippen LogP contribution >= 0.6 is 11.6 Å². The van der Waals surface area contributed by atoms with E-state index in [0.717, 1.165) is 5.56 Å². The summed E-state index contributed by atoms with van der Waals surface area (Å²) < 4.78 is 10.7. The molecule has 3 rings (SSSR count). The molecule has 0 aliphatic heterocycles. The molecule has 1 amide bonds. The van der Waals surface area contributed by atoms with Crippen LogP contribution in [0.15, 0.2) is 77.9 Å². The van der Waals surface area contributed by atoms with E-state index in [1.54, 1.807) is 72.8 Å². The number of nitrogens with one attached hydrogen (secondary N) is 1. The van der Waals surface area contributed by atoms with Crippen molar-refractivity contribution in [1.29, 1.82) is 0 Å². The van der Waals surface area contributed by atoms with E-state index < -0.39 is 11.9 Å². The zero-order valence-electron chi connectivity index (χ0n) is 16.2. The van der Waals surface area contributed by atoms with Crippen LogP contribution in [0.25, 0.3) is 0 Å². The third-order valence-electron chi connectivity index (χ3n) is 3.99. The van der Waals surface area contributed by atoms with Crippen molar-refractivity contribution in [3.05, 3.63) is 94.5 Å². The minimum atomic E-state index is -0.466. The van der Waals surface area contributed by atoms with Gasteiger partial charge in [-0.1, -0.05) is 23.7 Å². The molecule has 0 aromatic heterocycles. The Kier molecular flexibility index (Phi) is 7.19. The number of nitrogens with zero attached hydrogens (tertiary/aromatic N) is 1. The molecule has 0 aliphatic rings. The molecule has 6 nitrogen and oxygen atoms in total. The summed E-state index contributed by atoms with van der Waals surface area (Å²) in [6.07, 6.45) is 1.48. The van der Waals surface area contributed by atoms with Crippen LogP contribution in [0.3, 0.4) is 0 Å². The number of halogens is 1. The molecule has 0 aliphatic carbocycles. The number of benzene rings is 3. The van der Waals surface area contributed by atoms with Gasteiger partial charge in [0.05, 0.1) is 29.0 Å². The first-order valence-electron chi connectivity index (χ1n) is 9.20. The molecule has 0 heterocycles. The molecule has 0 unspecified atom stereocenters. The van der Waals surface area contributed by atoms with Gasteiger partial charge < -0.3 is 9.47 Å². The molecule has 30 heavy (non-hydrogen) atoms. The monoisotopic (exact) mass is 422 g/mol. The number of esters is 1. The Morgan fingerprint density at radius 3 is 2.30 bits per heavy atom. The molecule has 0 saturated carbocycles. The lowest BCUT2D eigenvalue weighted by Crippen LogP contribution is -2.17. The van der Waals surface area contributed by atoms with Crippen LogP contribution in [-0.2, 0) is 0 Å². The Morgan fingerprint density at radius 1 is 0.967 bits per heavy atom. The zero-order chi connectivity index (χ0) is 21.3. The molecule has 0 radical (unpaired) electrons. The number of ether oxygens (including phenoxy) is 2. The van der Waals surface area contributed by atoms with Crippen LogP contribution in [-0.4, -0.2) is 24.7 Å². The molecule has 0 atom stereocenters. The number of hydrazone groups is 1. The van der Waals surface area contributed by atoms with Gasteiger partial charge in [0.15, 0.2) is 0 Å². The van der Waals surface area contributed by atoms with Crippen molar-refractivity contribution in [3.8, 4) is 11.5 Å². The lowest BCUT2D eigenvalue weighted by molar-refractivity contribution is 0.0734. The van der Waals surface area contributed by atoms with Crippen molar-refractivity contribution in [2.24, 2.45) is 5.10 Å². The minimum Gasteiger partial charge on any atom is -0.494 e. The third-order valence-corrected chi connectivity index (χ3v) is 4.32. The summed E-state index contributed by atoms with van der Waals surface area (Å²) in [6, 6.07) is 20.2. The first kappa shape index (κ1) is 21.1. The smallest absolute Gasteiger partial charge is 0.343 e. The maximum Gasteiger partial charge on any atom is 0.343 e. The van der Waals surface area contributed by atoms with Gasteiger partial charge in [-0.05, 0) is 73.2 Å². The summed E-state index contributed by atoms with van der Waals surface area (Å²) in [5.41, 5.74) is 3.90. The summed E-state index contributed by atoms with van der Waals surface area (Å²) in [5, 5.41) is 4.27.